The first-order valence-corrected chi connectivity index (χ1v) is 8.87. The number of para-hydroxylation sites is 1. The standard InChI is InChI=1S/C21H18N4O3/c1-12-9-18(26)25-20(22-12)13-5-4-6-14(10-13)23-21(28)16-11-19(27)24-17-8-3-2-7-15(16)17/h2-10,16H,11H2,1H3,(H,23,28)(H,24,27)(H,22,25,26). The van der Waals surface area contributed by atoms with Crippen molar-refractivity contribution in [3.05, 3.63) is 76.2 Å². The molecule has 1 unspecified atom stereocenters. The second kappa shape index (κ2) is 7.11. The number of nitrogens with one attached hydrogen (secondary N) is 3. The highest BCUT2D eigenvalue weighted by atomic mass is 16.2. The average Bonchev–Trinajstić information content (AvgIpc) is 2.66. The molecule has 7 heteroatoms. The summed E-state index contributed by atoms with van der Waals surface area (Å²) in [5, 5.41) is 5.66. The molecule has 0 saturated carbocycles. The van der Waals surface area contributed by atoms with Crippen LogP contribution in [-0.4, -0.2) is 21.8 Å². The molecule has 28 heavy (non-hydrogen) atoms. The van der Waals surface area contributed by atoms with E-state index in [4.69, 9.17) is 0 Å². The SMILES string of the molecule is Cc1cc(=O)[nH]c(-c2cccc(NC(=O)C3CC(=O)Nc4ccccc43)c2)n1. The summed E-state index contributed by atoms with van der Waals surface area (Å²) in [6.07, 6.45) is 0.0926. The Kier molecular flexibility index (Phi) is 4.49. The Morgan fingerprint density at radius 1 is 1.11 bits per heavy atom. The number of amides is 2. The van der Waals surface area contributed by atoms with E-state index in [9.17, 15) is 14.4 Å². The van der Waals surface area contributed by atoms with Crippen LogP contribution in [0.25, 0.3) is 11.4 Å². The lowest BCUT2D eigenvalue weighted by Crippen LogP contribution is -2.30. The van der Waals surface area contributed by atoms with Crippen molar-refractivity contribution in [3.63, 3.8) is 0 Å². The molecule has 1 atom stereocenters. The van der Waals surface area contributed by atoms with Crippen molar-refractivity contribution in [2.24, 2.45) is 0 Å². The van der Waals surface area contributed by atoms with Crippen LogP contribution in [0.2, 0.25) is 0 Å². The van der Waals surface area contributed by atoms with E-state index in [1.54, 1.807) is 37.3 Å². The van der Waals surface area contributed by atoms with Gasteiger partial charge in [0.15, 0.2) is 0 Å². The quantitative estimate of drug-likeness (QED) is 0.656. The molecule has 2 amide bonds. The molecule has 1 aromatic heterocycles. The number of H-pyrrole nitrogens is 1. The van der Waals surface area contributed by atoms with Gasteiger partial charge in [0.25, 0.3) is 5.56 Å². The van der Waals surface area contributed by atoms with E-state index in [0.717, 1.165) is 5.56 Å². The molecule has 0 bridgehead atoms. The lowest BCUT2D eigenvalue weighted by molar-refractivity contribution is -0.123. The molecule has 4 rings (SSSR count). The molecule has 2 aromatic carbocycles. The van der Waals surface area contributed by atoms with E-state index in [0.29, 0.717) is 28.5 Å². The van der Waals surface area contributed by atoms with Gasteiger partial charge < -0.3 is 15.6 Å². The molecule has 0 spiro atoms. The van der Waals surface area contributed by atoms with Crippen molar-refractivity contribution in [1.29, 1.82) is 0 Å². The maximum absolute atomic E-state index is 12.9. The molecule has 1 aliphatic rings. The molecule has 0 aliphatic carbocycles. The van der Waals surface area contributed by atoms with Gasteiger partial charge in [-0.15, -0.1) is 0 Å². The zero-order chi connectivity index (χ0) is 19.7. The Bertz CT molecular complexity index is 1140. The van der Waals surface area contributed by atoms with Crippen LogP contribution < -0.4 is 16.2 Å². The van der Waals surface area contributed by atoms with Gasteiger partial charge in [-0.1, -0.05) is 30.3 Å². The maximum Gasteiger partial charge on any atom is 0.251 e. The molecule has 0 saturated heterocycles. The number of aryl methyl sites for hydroxylation is 1. The Balaban J connectivity index is 1.61. The van der Waals surface area contributed by atoms with Crippen LogP contribution in [0.15, 0.2) is 59.4 Å². The molecular formula is C21H18N4O3. The van der Waals surface area contributed by atoms with Crippen molar-refractivity contribution in [2.75, 3.05) is 10.6 Å². The highest BCUT2D eigenvalue weighted by molar-refractivity contribution is 6.05. The number of carbonyl (C=O) groups is 2. The van der Waals surface area contributed by atoms with Gasteiger partial charge in [0.05, 0.1) is 5.92 Å². The Labute approximate surface area is 160 Å². The van der Waals surface area contributed by atoms with Gasteiger partial charge in [-0.3, -0.25) is 14.4 Å². The number of nitrogens with zero attached hydrogens (tertiary/aromatic N) is 1. The molecule has 0 fully saturated rings. The van der Waals surface area contributed by atoms with E-state index < -0.39 is 5.92 Å². The first-order valence-electron chi connectivity index (χ1n) is 8.87. The smallest absolute Gasteiger partial charge is 0.251 e. The third kappa shape index (κ3) is 3.55. The van der Waals surface area contributed by atoms with Crippen molar-refractivity contribution in [2.45, 2.75) is 19.3 Å². The van der Waals surface area contributed by atoms with E-state index >= 15 is 0 Å². The number of hydrogen-bond donors (Lipinski definition) is 3. The lowest BCUT2D eigenvalue weighted by atomic mass is 9.90. The third-order valence-corrected chi connectivity index (χ3v) is 4.59. The number of hydrogen-bond acceptors (Lipinski definition) is 4. The van der Waals surface area contributed by atoms with Crippen LogP contribution in [0.1, 0.15) is 23.6 Å². The van der Waals surface area contributed by atoms with Crippen LogP contribution >= 0.6 is 0 Å². The average molecular weight is 374 g/mol. The number of aromatic amines is 1. The molecule has 0 radical (unpaired) electrons. The number of carbonyl (C=O) groups excluding carboxylic acids is 2. The normalized spacial score (nSPS) is 15.5. The first kappa shape index (κ1) is 17.7. The summed E-state index contributed by atoms with van der Waals surface area (Å²) in [5.74, 6) is -0.576. The molecule has 3 aromatic rings. The number of anilines is 2. The number of rotatable bonds is 3. The summed E-state index contributed by atoms with van der Waals surface area (Å²) in [7, 11) is 0. The molecule has 3 N–H and O–H groups in total. The topological polar surface area (TPSA) is 104 Å². The molecule has 7 nitrogen and oxygen atoms in total. The number of fused-ring (bicyclic) bond motifs is 1. The van der Waals surface area contributed by atoms with Gasteiger partial charge in [0, 0.05) is 35.1 Å². The summed E-state index contributed by atoms with van der Waals surface area (Å²) in [5.41, 5.74) is 3.07. The van der Waals surface area contributed by atoms with Crippen molar-refractivity contribution >= 4 is 23.2 Å². The highest BCUT2D eigenvalue weighted by Gasteiger charge is 2.30. The second-order valence-electron chi connectivity index (χ2n) is 6.70. The van der Waals surface area contributed by atoms with Crippen molar-refractivity contribution in [3.8, 4) is 11.4 Å². The molecule has 1 aliphatic heterocycles. The van der Waals surface area contributed by atoms with E-state index in [1.165, 1.54) is 6.07 Å². The number of benzene rings is 2. The summed E-state index contributed by atoms with van der Waals surface area (Å²) in [6.45, 7) is 1.75. The predicted octanol–water partition coefficient (Wildman–Crippen LogP) is 2.81. The van der Waals surface area contributed by atoms with Crippen LogP contribution in [0, 0.1) is 6.92 Å². The minimum absolute atomic E-state index is 0.0926. The Morgan fingerprint density at radius 3 is 2.75 bits per heavy atom. The predicted molar refractivity (Wildman–Crippen MR) is 106 cm³/mol. The summed E-state index contributed by atoms with van der Waals surface area (Å²) >= 11 is 0. The van der Waals surface area contributed by atoms with E-state index in [1.807, 2.05) is 18.2 Å². The van der Waals surface area contributed by atoms with Crippen LogP contribution in [0.3, 0.4) is 0 Å². The molecule has 2 heterocycles. The highest BCUT2D eigenvalue weighted by Crippen LogP contribution is 2.33. The fourth-order valence-corrected chi connectivity index (χ4v) is 3.33. The third-order valence-electron chi connectivity index (χ3n) is 4.59. The summed E-state index contributed by atoms with van der Waals surface area (Å²) in [4.78, 5) is 43.6. The zero-order valence-corrected chi connectivity index (χ0v) is 15.2. The van der Waals surface area contributed by atoms with Gasteiger partial charge >= 0.3 is 0 Å². The van der Waals surface area contributed by atoms with Gasteiger partial charge in [0.2, 0.25) is 11.8 Å². The van der Waals surface area contributed by atoms with Crippen molar-refractivity contribution < 1.29 is 9.59 Å². The van der Waals surface area contributed by atoms with Crippen molar-refractivity contribution in [1.82, 2.24) is 9.97 Å². The van der Waals surface area contributed by atoms with Gasteiger partial charge in [-0.2, -0.15) is 0 Å². The zero-order valence-electron chi connectivity index (χ0n) is 15.2. The lowest BCUT2D eigenvalue weighted by Gasteiger charge is -2.24. The van der Waals surface area contributed by atoms with Gasteiger partial charge in [-0.05, 0) is 30.7 Å². The van der Waals surface area contributed by atoms with Gasteiger partial charge in [-0.25, -0.2) is 4.98 Å². The molecule has 140 valence electrons. The molecular weight excluding hydrogens is 356 g/mol. The maximum atomic E-state index is 12.9. The second-order valence-corrected chi connectivity index (χ2v) is 6.70. The van der Waals surface area contributed by atoms with Crippen LogP contribution in [0.4, 0.5) is 11.4 Å². The Hall–Kier alpha value is -3.74. The Morgan fingerprint density at radius 2 is 1.93 bits per heavy atom. The summed E-state index contributed by atoms with van der Waals surface area (Å²) < 4.78 is 0. The summed E-state index contributed by atoms with van der Waals surface area (Å²) in [6, 6.07) is 15.8. The van der Waals surface area contributed by atoms with Gasteiger partial charge in [0.1, 0.15) is 5.82 Å². The number of aromatic nitrogens is 2. The van der Waals surface area contributed by atoms with Crippen LogP contribution in [-0.2, 0) is 9.59 Å². The van der Waals surface area contributed by atoms with E-state index in [-0.39, 0.29) is 23.8 Å². The fraction of sp³-hybridized carbons (Fsp3) is 0.143. The first-order chi connectivity index (χ1) is 13.5. The minimum Gasteiger partial charge on any atom is -0.326 e. The minimum atomic E-state index is -0.564. The fourth-order valence-electron chi connectivity index (χ4n) is 3.33. The monoisotopic (exact) mass is 374 g/mol. The largest absolute Gasteiger partial charge is 0.326 e. The van der Waals surface area contributed by atoms with E-state index in [2.05, 4.69) is 20.6 Å². The van der Waals surface area contributed by atoms with Crippen LogP contribution in [0.5, 0.6) is 0 Å².